The summed E-state index contributed by atoms with van der Waals surface area (Å²) in [5.74, 6) is 5.32. The molecule has 0 saturated carbocycles. The Morgan fingerprint density at radius 1 is 1.21 bits per heavy atom. The summed E-state index contributed by atoms with van der Waals surface area (Å²) >= 11 is 11.6. The molecule has 72 valence electrons. The maximum atomic E-state index is 5.85. The van der Waals surface area contributed by atoms with Gasteiger partial charge in [-0.25, -0.2) is 0 Å². The normalized spacial score (nSPS) is 10.4. The first-order chi connectivity index (χ1) is 6.66. The van der Waals surface area contributed by atoms with Gasteiger partial charge >= 0.3 is 0 Å². The van der Waals surface area contributed by atoms with E-state index in [1.807, 2.05) is 0 Å². The number of benzene rings is 1. The summed E-state index contributed by atoms with van der Waals surface area (Å²) in [4.78, 5) is 0.998. The van der Waals surface area contributed by atoms with E-state index in [0.717, 1.165) is 10.5 Å². The van der Waals surface area contributed by atoms with Crippen LogP contribution < -0.4 is 5.84 Å². The van der Waals surface area contributed by atoms with Crippen LogP contribution in [0.2, 0.25) is 10.0 Å². The summed E-state index contributed by atoms with van der Waals surface area (Å²) in [5.41, 5.74) is 1.49. The van der Waals surface area contributed by atoms with E-state index in [9.17, 15) is 0 Å². The van der Waals surface area contributed by atoms with Crippen molar-refractivity contribution in [1.29, 1.82) is 0 Å². The lowest BCUT2D eigenvalue weighted by Gasteiger charge is -1.98. The molecule has 0 amide bonds. The summed E-state index contributed by atoms with van der Waals surface area (Å²) < 4.78 is 0. The second-order valence-corrected chi connectivity index (χ2v) is 3.49. The SMILES string of the molecule is Nn1ncc(-c2ccc(Cl)c(Cl)c2)n1. The van der Waals surface area contributed by atoms with Gasteiger partial charge in [-0.3, -0.25) is 0 Å². The maximum absolute atomic E-state index is 5.85. The summed E-state index contributed by atoms with van der Waals surface area (Å²) in [5, 5.41) is 8.68. The van der Waals surface area contributed by atoms with E-state index in [2.05, 4.69) is 10.2 Å². The number of hydrogen-bond donors (Lipinski definition) is 1. The van der Waals surface area contributed by atoms with Gasteiger partial charge in [0.1, 0.15) is 5.69 Å². The molecule has 4 nitrogen and oxygen atoms in total. The minimum absolute atomic E-state index is 0.482. The highest BCUT2D eigenvalue weighted by atomic mass is 35.5. The van der Waals surface area contributed by atoms with E-state index >= 15 is 0 Å². The number of rotatable bonds is 1. The summed E-state index contributed by atoms with van der Waals surface area (Å²) in [7, 11) is 0. The highest BCUT2D eigenvalue weighted by Gasteiger charge is 2.04. The Labute approximate surface area is 90.2 Å². The summed E-state index contributed by atoms with van der Waals surface area (Å²) in [6, 6.07) is 5.22. The smallest absolute Gasteiger partial charge is 0.115 e. The lowest BCUT2D eigenvalue weighted by Crippen LogP contribution is -2.11. The molecule has 0 spiro atoms. The van der Waals surface area contributed by atoms with Crippen LogP contribution in [0.1, 0.15) is 0 Å². The molecule has 1 heterocycles. The Morgan fingerprint density at radius 3 is 2.57 bits per heavy atom. The van der Waals surface area contributed by atoms with Crippen molar-refractivity contribution in [3.05, 3.63) is 34.4 Å². The average molecular weight is 229 g/mol. The molecule has 0 aliphatic heterocycles. The lowest BCUT2D eigenvalue weighted by molar-refractivity contribution is 0.709. The zero-order valence-corrected chi connectivity index (χ0v) is 8.50. The molecular weight excluding hydrogens is 223 g/mol. The van der Waals surface area contributed by atoms with E-state index in [1.165, 1.54) is 0 Å². The van der Waals surface area contributed by atoms with Crippen LogP contribution >= 0.6 is 23.2 Å². The van der Waals surface area contributed by atoms with Gasteiger partial charge in [0.15, 0.2) is 0 Å². The first-order valence-electron chi connectivity index (χ1n) is 3.79. The number of hydrogen-bond acceptors (Lipinski definition) is 3. The van der Waals surface area contributed by atoms with Crippen LogP contribution in [-0.4, -0.2) is 15.1 Å². The second kappa shape index (κ2) is 3.48. The first kappa shape index (κ1) is 9.30. The van der Waals surface area contributed by atoms with Crippen LogP contribution in [0, 0.1) is 0 Å². The standard InChI is InChI=1S/C8H6Cl2N4/c9-6-2-1-5(3-7(6)10)8-4-12-14(11)13-8/h1-4H,11H2. The van der Waals surface area contributed by atoms with Gasteiger partial charge in [0.2, 0.25) is 0 Å². The van der Waals surface area contributed by atoms with E-state index < -0.39 is 0 Å². The molecule has 0 unspecified atom stereocenters. The van der Waals surface area contributed by atoms with E-state index in [-0.39, 0.29) is 0 Å². The van der Waals surface area contributed by atoms with Gasteiger partial charge in [0, 0.05) is 5.56 Å². The van der Waals surface area contributed by atoms with Crippen LogP contribution in [-0.2, 0) is 0 Å². The molecule has 2 rings (SSSR count). The van der Waals surface area contributed by atoms with Gasteiger partial charge < -0.3 is 5.84 Å². The van der Waals surface area contributed by atoms with E-state index in [1.54, 1.807) is 24.4 Å². The number of nitrogens with two attached hydrogens (primary N) is 1. The fourth-order valence-corrected chi connectivity index (χ4v) is 1.36. The molecule has 2 aromatic rings. The third-order valence-corrected chi connectivity index (χ3v) is 2.46. The second-order valence-electron chi connectivity index (χ2n) is 2.68. The van der Waals surface area contributed by atoms with E-state index in [4.69, 9.17) is 29.0 Å². The lowest BCUT2D eigenvalue weighted by atomic mass is 10.2. The molecule has 0 radical (unpaired) electrons. The molecule has 1 aromatic carbocycles. The Hall–Kier alpha value is -1.26. The predicted octanol–water partition coefficient (Wildman–Crippen LogP) is 1.97. The molecule has 0 saturated heterocycles. The van der Waals surface area contributed by atoms with Gasteiger partial charge in [-0.15, -0.1) is 10.2 Å². The van der Waals surface area contributed by atoms with Crippen LogP contribution in [0.15, 0.2) is 24.4 Å². The zero-order valence-electron chi connectivity index (χ0n) is 6.98. The Bertz CT molecular complexity index is 466. The topological polar surface area (TPSA) is 56.7 Å². The average Bonchev–Trinajstić information content (AvgIpc) is 2.57. The number of aromatic nitrogens is 3. The van der Waals surface area contributed by atoms with Gasteiger partial charge in [0.25, 0.3) is 0 Å². The van der Waals surface area contributed by atoms with Crippen molar-refractivity contribution in [3.8, 4) is 11.3 Å². The molecule has 0 aliphatic carbocycles. The number of halogens is 2. The minimum Gasteiger partial charge on any atom is -0.306 e. The fraction of sp³-hybridized carbons (Fsp3) is 0. The van der Waals surface area contributed by atoms with Gasteiger partial charge in [0.05, 0.1) is 16.2 Å². The Morgan fingerprint density at radius 2 is 2.00 bits per heavy atom. The van der Waals surface area contributed by atoms with Crippen molar-refractivity contribution in [2.24, 2.45) is 0 Å². The highest BCUT2D eigenvalue weighted by molar-refractivity contribution is 6.42. The van der Waals surface area contributed by atoms with Crippen molar-refractivity contribution in [2.75, 3.05) is 5.84 Å². The molecule has 1 aromatic heterocycles. The monoisotopic (exact) mass is 228 g/mol. The van der Waals surface area contributed by atoms with Crippen LogP contribution in [0.3, 0.4) is 0 Å². The molecule has 0 aliphatic rings. The van der Waals surface area contributed by atoms with Crippen molar-refractivity contribution < 1.29 is 0 Å². The quantitative estimate of drug-likeness (QED) is 0.760. The van der Waals surface area contributed by atoms with Crippen LogP contribution in [0.5, 0.6) is 0 Å². The molecule has 0 fully saturated rings. The van der Waals surface area contributed by atoms with Crippen molar-refractivity contribution in [1.82, 2.24) is 15.1 Å². The molecule has 6 heteroatoms. The van der Waals surface area contributed by atoms with Gasteiger partial charge in [-0.05, 0) is 12.1 Å². The summed E-state index contributed by atoms with van der Waals surface area (Å²) in [6.45, 7) is 0. The fourth-order valence-electron chi connectivity index (χ4n) is 1.06. The van der Waals surface area contributed by atoms with Crippen molar-refractivity contribution >= 4 is 23.2 Å². The number of nitrogens with zero attached hydrogens (tertiary/aromatic N) is 3. The van der Waals surface area contributed by atoms with Gasteiger partial charge in [-0.1, -0.05) is 34.2 Å². The molecular formula is C8H6Cl2N4. The highest BCUT2D eigenvalue weighted by Crippen LogP contribution is 2.26. The largest absolute Gasteiger partial charge is 0.306 e. The number of nitrogen functional groups attached to an aromatic ring is 1. The zero-order chi connectivity index (χ0) is 10.1. The van der Waals surface area contributed by atoms with Gasteiger partial charge in [-0.2, -0.15) is 0 Å². The Kier molecular flexibility index (Phi) is 2.31. The van der Waals surface area contributed by atoms with Crippen LogP contribution in [0.25, 0.3) is 11.3 Å². The van der Waals surface area contributed by atoms with Crippen LogP contribution in [0.4, 0.5) is 0 Å². The van der Waals surface area contributed by atoms with Crippen molar-refractivity contribution in [3.63, 3.8) is 0 Å². The van der Waals surface area contributed by atoms with Crippen molar-refractivity contribution in [2.45, 2.75) is 0 Å². The molecule has 14 heavy (non-hydrogen) atoms. The third-order valence-electron chi connectivity index (χ3n) is 1.72. The summed E-state index contributed by atoms with van der Waals surface area (Å²) in [6.07, 6.45) is 1.56. The molecule has 2 N–H and O–H groups in total. The minimum atomic E-state index is 0.482. The molecule has 0 atom stereocenters. The predicted molar refractivity (Wildman–Crippen MR) is 55.6 cm³/mol. The maximum Gasteiger partial charge on any atom is 0.115 e. The third kappa shape index (κ3) is 1.66. The molecule has 0 bridgehead atoms. The first-order valence-corrected chi connectivity index (χ1v) is 4.55. The Balaban J connectivity index is 2.47. The van der Waals surface area contributed by atoms with E-state index in [0.29, 0.717) is 15.7 Å².